The molecule has 220 valence electrons. The first-order valence-corrected chi connectivity index (χ1v) is 16.4. The number of rotatable bonds is 12. The Hall–Kier alpha value is -3.68. The second kappa shape index (κ2) is 14.0. The number of benzene rings is 1. The van der Waals surface area contributed by atoms with Crippen molar-refractivity contribution in [3.8, 4) is 11.4 Å². The highest BCUT2D eigenvalue weighted by Gasteiger charge is 2.27. The van der Waals surface area contributed by atoms with E-state index in [0.717, 1.165) is 47.6 Å². The second-order valence-electron chi connectivity index (χ2n) is 9.29. The highest BCUT2D eigenvalue weighted by molar-refractivity contribution is 7.99. The normalized spacial score (nSPS) is 12.4. The van der Waals surface area contributed by atoms with Crippen LogP contribution in [0.5, 0.6) is 5.75 Å². The Labute approximate surface area is 255 Å². The summed E-state index contributed by atoms with van der Waals surface area (Å²) in [6.45, 7) is 4.65. The Balaban J connectivity index is 1.34. The van der Waals surface area contributed by atoms with Crippen LogP contribution in [0.1, 0.15) is 63.0 Å². The van der Waals surface area contributed by atoms with Crippen molar-refractivity contribution < 1.29 is 23.9 Å². The molecule has 0 saturated heterocycles. The van der Waals surface area contributed by atoms with E-state index in [-0.39, 0.29) is 30.7 Å². The van der Waals surface area contributed by atoms with Gasteiger partial charge in [0.25, 0.3) is 5.91 Å². The number of carbonyl (C=O) groups excluding carboxylic acids is 3. The highest BCUT2D eigenvalue weighted by atomic mass is 32.2. The number of aryl methyl sites for hydroxylation is 1. The van der Waals surface area contributed by atoms with Crippen molar-refractivity contribution in [2.75, 3.05) is 24.3 Å². The first-order valence-electron chi connectivity index (χ1n) is 13.7. The van der Waals surface area contributed by atoms with Gasteiger partial charge in [-0.15, -0.1) is 32.9 Å². The van der Waals surface area contributed by atoms with Gasteiger partial charge in [-0.3, -0.25) is 14.2 Å². The maximum atomic E-state index is 13.1. The van der Waals surface area contributed by atoms with E-state index in [0.29, 0.717) is 33.0 Å². The van der Waals surface area contributed by atoms with Crippen LogP contribution in [0.2, 0.25) is 0 Å². The summed E-state index contributed by atoms with van der Waals surface area (Å²) in [5.41, 5.74) is 2.25. The molecule has 0 radical (unpaired) electrons. The number of thioether (sulfide) groups is 1. The van der Waals surface area contributed by atoms with E-state index in [1.165, 1.54) is 34.4 Å². The molecule has 0 saturated carbocycles. The number of nitrogens with zero attached hydrogens (tertiary/aromatic N) is 3. The molecular formula is C29H31N5O5S3. The Morgan fingerprint density at radius 3 is 2.60 bits per heavy atom. The topological polar surface area (TPSA) is 124 Å². The molecule has 0 spiro atoms. The van der Waals surface area contributed by atoms with Crippen LogP contribution in [-0.4, -0.2) is 51.5 Å². The molecular weight excluding hydrogens is 595 g/mol. The van der Waals surface area contributed by atoms with Crippen LogP contribution < -0.4 is 15.4 Å². The van der Waals surface area contributed by atoms with Gasteiger partial charge in [0, 0.05) is 10.6 Å². The van der Waals surface area contributed by atoms with Crippen molar-refractivity contribution in [1.82, 2.24) is 20.1 Å². The van der Waals surface area contributed by atoms with Crippen LogP contribution in [-0.2, 0) is 28.9 Å². The molecule has 1 aliphatic carbocycles. The molecule has 1 aromatic carbocycles. The van der Waals surface area contributed by atoms with Gasteiger partial charge in [0.05, 0.1) is 36.0 Å². The van der Waals surface area contributed by atoms with Crippen LogP contribution in [0.25, 0.3) is 5.69 Å². The van der Waals surface area contributed by atoms with Crippen LogP contribution in [0.4, 0.5) is 5.00 Å². The quantitative estimate of drug-likeness (QED) is 0.156. The van der Waals surface area contributed by atoms with Crippen molar-refractivity contribution in [3.63, 3.8) is 0 Å². The third-order valence-electron chi connectivity index (χ3n) is 6.49. The van der Waals surface area contributed by atoms with Crippen molar-refractivity contribution >= 4 is 57.2 Å². The van der Waals surface area contributed by atoms with E-state index >= 15 is 0 Å². The van der Waals surface area contributed by atoms with Crippen LogP contribution in [0.15, 0.2) is 46.9 Å². The van der Waals surface area contributed by atoms with Crippen LogP contribution >= 0.6 is 34.4 Å². The lowest BCUT2D eigenvalue weighted by Crippen LogP contribution is -2.24. The molecule has 0 unspecified atom stereocenters. The second-order valence-corrected chi connectivity index (χ2v) is 12.3. The molecule has 5 rings (SSSR count). The fourth-order valence-electron chi connectivity index (χ4n) is 4.65. The minimum atomic E-state index is -0.399. The third-order valence-corrected chi connectivity index (χ3v) is 9.50. The zero-order valence-corrected chi connectivity index (χ0v) is 25.8. The van der Waals surface area contributed by atoms with Crippen molar-refractivity contribution in [1.29, 1.82) is 0 Å². The smallest absolute Gasteiger partial charge is 0.341 e. The van der Waals surface area contributed by atoms with E-state index in [1.54, 1.807) is 13.0 Å². The molecule has 3 heterocycles. The number of anilines is 1. The largest absolute Gasteiger partial charge is 0.494 e. The predicted molar refractivity (Wildman–Crippen MR) is 164 cm³/mol. The Morgan fingerprint density at radius 2 is 1.86 bits per heavy atom. The van der Waals surface area contributed by atoms with Gasteiger partial charge < -0.3 is 20.1 Å². The number of hydrogen-bond donors (Lipinski definition) is 2. The van der Waals surface area contributed by atoms with E-state index in [1.807, 2.05) is 47.2 Å². The van der Waals surface area contributed by atoms with Gasteiger partial charge in [-0.05, 0) is 80.8 Å². The average molecular weight is 626 g/mol. The zero-order chi connectivity index (χ0) is 29.5. The predicted octanol–water partition coefficient (Wildman–Crippen LogP) is 5.51. The highest BCUT2D eigenvalue weighted by Crippen LogP contribution is 2.39. The molecule has 1 aliphatic rings. The van der Waals surface area contributed by atoms with Gasteiger partial charge in [0.2, 0.25) is 5.91 Å². The molecule has 2 N–H and O–H groups in total. The lowest BCUT2D eigenvalue weighted by atomic mass is 9.95. The first-order chi connectivity index (χ1) is 20.5. The first kappa shape index (κ1) is 29.8. The molecule has 10 nitrogen and oxygen atoms in total. The van der Waals surface area contributed by atoms with Crippen molar-refractivity contribution in [2.45, 2.75) is 51.2 Å². The Bertz CT molecular complexity index is 1550. The van der Waals surface area contributed by atoms with Gasteiger partial charge in [0.15, 0.2) is 11.0 Å². The van der Waals surface area contributed by atoms with E-state index in [9.17, 15) is 14.4 Å². The third kappa shape index (κ3) is 6.85. The fourth-order valence-corrected chi connectivity index (χ4v) is 7.35. The standard InChI is InChI=1S/C29H31N5O5S3/c1-3-38-19-13-11-18(12-14-19)34-23(16-30-26(36)22-10-7-15-40-22)32-33-29(34)41-17-24(35)31-27-25(28(37)39-4-2)20-8-5-6-9-21(20)42-27/h7,10-15H,3-6,8-9,16-17H2,1-2H3,(H,30,36)(H,31,35). The minimum absolute atomic E-state index is 0.0432. The summed E-state index contributed by atoms with van der Waals surface area (Å²) >= 11 is 4.04. The van der Waals surface area contributed by atoms with E-state index < -0.39 is 5.97 Å². The number of thiophene rings is 2. The average Bonchev–Trinajstić information content (AvgIpc) is 3.74. The molecule has 42 heavy (non-hydrogen) atoms. The maximum absolute atomic E-state index is 13.1. The van der Waals surface area contributed by atoms with Gasteiger partial charge in [0.1, 0.15) is 10.8 Å². The number of aromatic nitrogens is 3. The van der Waals surface area contributed by atoms with E-state index in [4.69, 9.17) is 9.47 Å². The van der Waals surface area contributed by atoms with Crippen LogP contribution in [0.3, 0.4) is 0 Å². The summed E-state index contributed by atoms with van der Waals surface area (Å²) in [6, 6.07) is 11.0. The van der Waals surface area contributed by atoms with Gasteiger partial charge >= 0.3 is 5.97 Å². The molecule has 13 heteroatoms. The SMILES string of the molecule is CCOC(=O)c1c(NC(=O)CSc2nnc(CNC(=O)c3cccs3)n2-c2ccc(OCC)cc2)sc2c1CCCC2. The monoisotopic (exact) mass is 625 g/mol. The molecule has 3 aromatic heterocycles. The summed E-state index contributed by atoms with van der Waals surface area (Å²) in [6.07, 6.45) is 3.78. The number of hydrogen-bond acceptors (Lipinski definition) is 10. The Kier molecular flexibility index (Phi) is 9.93. The summed E-state index contributed by atoms with van der Waals surface area (Å²) in [5, 5.41) is 17.4. The number of esters is 1. The minimum Gasteiger partial charge on any atom is -0.494 e. The summed E-state index contributed by atoms with van der Waals surface area (Å²) in [5.74, 6) is 0.425. The van der Waals surface area contributed by atoms with Crippen LogP contribution in [0, 0.1) is 0 Å². The number of fused-ring (bicyclic) bond motifs is 1. The molecule has 0 atom stereocenters. The number of carbonyl (C=O) groups is 3. The lowest BCUT2D eigenvalue weighted by Gasteiger charge is -2.13. The number of ether oxygens (including phenoxy) is 2. The number of amides is 2. The molecule has 0 aliphatic heterocycles. The summed E-state index contributed by atoms with van der Waals surface area (Å²) in [7, 11) is 0. The van der Waals surface area contributed by atoms with Crippen molar-refractivity contribution in [3.05, 3.63) is 68.5 Å². The molecule has 0 bridgehead atoms. The lowest BCUT2D eigenvalue weighted by molar-refractivity contribution is -0.113. The molecule has 0 fully saturated rings. The molecule has 2 amide bonds. The Morgan fingerprint density at radius 1 is 1.05 bits per heavy atom. The fraction of sp³-hybridized carbons (Fsp3) is 0.345. The van der Waals surface area contributed by atoms with Gasteiger partial charge in [-0.25, -0.2) is 4.79 Å². The maximum Gasteiger partial charge on any atom is 0.341 e. The molecule has 4 aromatic rings. The van der Waals surface area contributed by atoms with Gasteiger partial charge in [-0.2, -0.15) is 0 Å². The van der Waals surface area contributed by atoms with Crippen molar-refractivity contribution in [2.24, 2.45) is 0 Å². The summed E-state index contributed by atoms with van der Waals surface area (Å²) < 4.78 is 12.7. The number of nitrogens with one attached hydrogen (secondary N) is 2. The van der Waals surface area contributed by atoms with E-state index in [2.05, 4.69) is 20.8 Å². The van der Waals surface area contributed by atoms with Gasteiger partial charge in [-0.1, -0.05) is 17.8 Å². The zero-order valence-electron chi connectivity index (χ0n) is 23.3. The summed E-state index contributed by atoms with van der Waals surface area (Å²) in [4.78, 5) is 40.2.